The molecule has 0 spiro atoms. The average Bonchev–Trinajstić information content (AvgIpc) is 1.33. The summed E-state index contributed by atoms with van der Waals surface area (Å²) in [4.78, 5) is 21.7. The van der Waals surface area contributed by atoms with Gasteiger partial charge in [0, 0.05) is 0 Å². The maximum absolute atomic E-state index is 7.23. The van der Waals surface area contributed by atoms with Crippen molar-refractivity contribution in [3.63, 3.8) is 0 Å². The molecular formula is C2H10NO3P. The Labute approximate surface area is 43.6 Å². The molecule has 0 amide bonds. The maximum Gasteiger partial charge on any atom is 0.324 e. The standard InChI is InChI=1S/C2H7N.H3O3P/c1-2-3;1-4(2)3/h2-3H2,1H3;1-3H. The first-order valence-corrected chi connectivity index (χ1v) is 2.92. The zero-order chi connectivity index (χ0) is 6.28. The third kappa shape index (κ3) is 1570. The van der Waals surface area contributed by atoms with Gasteiger partial charge < -0.3 is 20.4 Å². The fourth-order valence-electron chi connectivity index (χ4n) is 0. The average molecular weight is 127 g/mol. The summed E-state index contributed by atoms with van der Waals surface area (Å²) in [6.45, 7) is 2.65. The molecule has 46 valence electrons. The molecule has 0 radical (unpaired) electrons. The molecule has 0 aromatic rings. The first-order chi connectivity index (χ1) is 3.15. The van der Waals surface area contributed by atoms with E-state index in [4.69, 9.17) is 20.4 Å². The van der Waals surface area contributed by atoms with Gasteiger partial charge >= 0.3 is 8.60 Å². The van der Waals surface area contributed by atoms with Crippen LogP contribution in [0.4, 0.5) is 0 Å². The molecule has 4 nitrogen and oxygen atoms in total. The normalized spacial score (nSPS) is 7.71. The van der Waals surface area contributed by atoms with Crippen LogP contribution in [0, 0.1) is 0 Å². The summed E-state index contributed by atoms with van der Waals surface area (Å²) in [6, 6.07) is 0. The third-order valence-corrected chi connectivity index (χ3v) is 0. The lowest BCUT2D eigenvalue weighted by Gasteiger charge is -1.76. The number of hydrogen-bond acceptors (Lipinski definition) is 4. The fraction of sp³-hybridized carbons (Fsp3) is 1.00. The quantitative estimate of drug-likeness (QED) is 0.319. The van der Waals surface area contributed by atoms with Crippen molar-refractivity contribution < 1.29 is 14.7 Å². The molecule has 0 unspecified atom stereocenters. The van der Waals surface area contributed by atoms with Gasteiger partial charge in [-0.1, -0.05) is 6.92 Å². The highest BCUT2D eigenvalue weighted by Crippen LogP contribution is 2.11. The van der Waals surface area contributed by atoms with Gasteiger partial charge in [-0.15, -0.1) is 0 Å². The molecular weight excluding hydrogens is 117 g/mol. The van der Waals surface area contributed by atoms with Crippen LogP contribution >= 0.6 is 8.60 Å². The molecule has 0 aromatic heterocycles. The molecule has 5 N–H and O–H groups in total. The van der Waals surface area contributed by atoms with Gasteiger partial charge in [0.05, 0.1) is 0 Å². The first kappa shape index (κ1) is 10.3. The smallest absolute Gasteiger partial charge is 0.324 e. The van der Waals surface area contributed by atoms with Crippen molar-refractivity contribution in [1.29, 1.82) is 0 Å². The van der Waals surface area contributed by atoms with E-state index in [9.17, 15) is 0 Å². The minimum Gasteiger partial charge on any atom is -0.331 e. The second kappa shape index (κ2) is 9.55. The van der Waals surface area contributed by atoms with Crippen LogP contribution in [0.25, 0.3) is 0 Å². The van der Waals surface area contributed by atoms with Gasteiger partial charge in [-0.3, -0.25) is 0 Å². The van der Waals surface area contributed by atoms with E-state index in [0.717, 1.165) is 6.54 Å². The highest BCUT2D eigenvalue weighted by molar-refractivity contribution is 7.38. The van der Waals surface area contributed by atoms with Crippen LogP contribution in [-0.4, -0.2) is 21.2 Å². The van der Waals surface area contributed by atoms with E-state index in [1.165, 1.54) is 0 Å². The number of hydrogen-bond donors (Lipinski definition) is 4. The first-order valence-electron chi connectivity index (χ1n) is 1.72. The molecule has 0 atom stereocenters. The van der Waals surface area contributed by atoms with E-state index < -0.39 is 8.60 Å². The molecule has 5 heteroatoms. The lowest BCUT2D eigenvalue weighted by atomic mass is 10.8. The van der Waals surface area contributed by atoms with Crippen molar-refractivity contribution in [2.45, 2.75) is 6.92 Å². The summed E-state index contributed by atoms with van der Waals surface area (Å²) in [5.41, 5.74) is 4.85. The molecule has 0 aromatic carbocycles. The minimum absolute atomic E-state index is 0.750. The van der Waals surface area contributed by atoms with Crippen molar-refractivity contribution in [2.75, 3.05) is 6.54 Å². The number of nitrogens with two attached hydrogens (primary N) is 1. The Morgan fingerprint density at radius 3 is 1.43 bits per heavy atom. The van der Waals surface area contributed by atoms with Gasteiger partial charge in [-0.05, 0) is 6.54 Å². The second-order valence-corrected chi connectivity index (χ2v) is 1.21. The summed E-state index contributed by atoms with van der Waals surface area (Å²) in [7, 11) is -2.62. The summed E-state index contributed by atoms with van der Waals surface area (Å²) < 4.78 is 0. The van der Waals surface area contributed by atoms with E-state index >= 15 is 0 Å². The predicted octanol–water partition coefficient (Wildman–Crippen LogP) is -0.845. The van der Waals surface area contributed by atoms with E-state index in [2.05, 4.69) is 0 Å². The molecule has 7 heavy (non-hydrogen) atoms. The van der Waals surface area contributed by atoms with Crippen LogP contribution in [0.3, 0.4) is 0 Å². The molecule has 0 heterocycles. The lowest BCUT2D eigenvalue weighted by Crippen LogP contribution is -1.87. The highest BCUT2D eigenvalue weighted by atomic mass is 31.2. The Hall–Kier alpha value is 0.270. The van der Waals surface area contributed by atoms with Crippen molar-refractivity contribution in [1.82, 2.24) is 0 Å². The van der Waals surface area contributed by atoms with E-state index in [-0.39, 0.29) is 0 Å². The molecule has 0 aliphatic rings. The molecule has 0 saturated carbocycles. The Kier molecular flexibility index (Phi) is 14.0. The zero-order valence-electron chi connectivity index (χ0n) is 4.07. The van der Waals surface area contributed by atoms with Gasteiger partial charge in [0.1, 0.15) is 0 Å². The van der Waals surface area contributed by atoms with Crippen LogP contribution < -0.4 is 5.73 Å². The van der Waals surface area contributed by atoms with Gasteiger partial charge in [0.2, 0.25) is 0 Å². The fourth-order valence-corrected chi connectivity index (χ4v) is 0. The molecule has 0 aliphatic heterocycles. The van der Waals surface area contributed by atoms with Crippen molar-refractivity contribution in [3.8, 4) is 0 Å². The van der Waals surface area contributed by atoms with Gasteiger partial charge in [0.15, 0.2) is 0 Å². The van der Waals surface area contributed by atoms with Crippen LogP contribution in [0.1, 0.15) is 6.92 Å². The van der Waals surface area contributed by atoms with E-state index in [0.29, 0.717) is 0 Å². The monoisotopic (exact) mass is 127 g/mol. The van der Waals surface area contributed by atoms with Gasteiger partial charge in [0.25, 0.3) is 0 Å². The topological polar surface area (TPSA) is 86.7 Å². The van der Waals surface area contributed by atoms with Crippen LogP contribution in [-0.2, 0) is 0 Å². The van der Waals surface area contributed by atoms with Crippen molar-refractivity contribution in [3.05, 3.63) is 0 Å². The SMILES string of the molecule is CCN.OP(O)O. The maximum atomic E-state index is 7.23. The summed E-state index contributed by atoms with van der Waals surface area (Å²) in [5, 5.41) is 0. The highest BCUT2D eigenvalue weighted by Gasteiger charge is 1.76. The van der Waals surface area contributed by atoms with Gasteiger partial charge in [-0.2, -0.15) is 0 Å². The molecule has 0 saturated heterocycles. The minimum atomic E-state index is -2.62. The summed E-state index contributed by atoms with van der Waals surface area (Å²) >= 11 is 0. The second-order valence-electron chi connectivity index (χ2n) is 0.677. The van der Waals surface area contributed by atoms with Crippen LogP contribution in [0.5, 0.6) is 0 Å². The van der Waals surface area contributed by atoms with Crippen LogP contribution in [0.15, 0.2) is 0 Å². The Morgan fingerprint density at radius 1 is 1.43 bits per heavy atom. The Balaban J connectivity index is 0. The number of rotatable bonds is 0. The molecule has 0 aliphatic carbocycles. The molecule has 0 fully saturated rings. The Morgan fingerprint density at radius 2 is 1.43 bits per heavy atom. The van der Waals surface area contributed by atoms with E-state index in [1.807, 2.05) is 6.92 Å². The largest absolute Gasteiger partial charge is 0.331 e. The van der Waals surface area contributed by atoms with E-state index in [1.54, 1.807) is 0 Å². The van der Waals surface area contributed by atoms with Crippen LogP contribution in [0.2, 0.25) is 0 Å². The third-order valence-electron chi connectivity index (χ3n) is 0. The zero-order valence-corrected chi connectivity index (χ0v) is 4.97. The summed E-state index contributed by atoms with van der Waals surface area (Å²) in [6.07, 6.45) is 0. The van der Waals surface area contributed by atoms with Crippen molar-refractivity contribution in [2.24, 2.45) is 5.73 Å². The van der Waals surface area contributed by atoms with Crippen molar-refractivity contribution >= 4 is 8.60 Å². The lowest BCUT2D eigenvalue weighted by molar-refractivity contribution is 0.368. The summed E-state index contributed by atoms with van der Waals surface area (Å²) in [5.74, 6) is 0. The Bertz CT molecular complexity index is 24.1. The molecule has 0 rings (SSSR count). The molecule has 0 bridgehead atoms. The van der Waals surface area contributed by atoms with Gasteiger partial charge in [-0.25, -0.2) is 0 Å². The predicted molar refractivity (Wildman–Crippen MR) is 28.3 cm³/mol.